The molecule has 1 aromatic carbocycles. The summed E-state index contributed by atoms with van der Waals surface area (Å²) in [5.41, 5.74) is 3.27. The van der Waals surface area contributed by atoms with Crippen LogP contribution in [-0.2, 0) is 11.8 Å². The van der Waals surface area contributed by atoms with Gasteiger partial charge in [0.1, 0.15) is 5.82 Å². The molecule has 0 aliphatic carbocycles. The second-order valence-corrected chi connectivity index (χ2v) is 4.91. The summed E-state index contributed by atoms with van der Waals surface area (Å²) in [6, 6.07) is 6.12. The summed E-state index contributed by atoms with van der Waals surface area (Å²) < 4.78 is 1.88. The van der Waals surface area contributed by atoms with Crippen LogP contribution in [0.25, 0.3) is 0 Å². The van der Waals surface area contributed by atoms with Crippen LogP contribution in [0.4, 0.5) is 0 Å². The van der Waals surface area contributed by atoms with E-state index >= 15 is 0 Å². The topological polar surface area (TPSA) is 55.1 Å². The zero-order chi connectivity index (χ0) is 14.0. The molecule has 100 valence electrons. The van der Waals surface area contributed by atoms with Crippen LogP contribution in [0.3, 0.4) is 0 Å². The molecule has 2 aromatic rings. The number of hydrogen-bond donors (Lipinski definition) is 1. The third-order valence-electron chi connectivity index (χ3n) is 3.36. The molecular weight excluding hydrogens is 240 g/mol. The Bertz CT molecular complexity index is 602. The molecule has 0 aliphatic rings. The summed E-state index contributed by atoms with van der Waals surface area (Å²) in [6.07, 6.45) is 3.60. The Labute approximate surface area is 112 Å². The molecule has 1 atom stereocenters. The largest absolute Gasteiger partial charge is 0.481 e. The summed E-state index contributed by atoms with van der Waals surface area (Å²) in [6.45, 7) is 4.02. The first-order valence-electron chi connectivity index (χ1n) is 6.25. The Kier molecular flexibility index (Phi) is 3.69. The molecule has 0 spiro atoms. The van der Waals surface area contributed by atoms with Crippen LogP contribution in [0.1, 0.15) is 34.9 Å². The zero-order valence-electron chi connectivity index (χ0n) is 11.4. The molecule has 0 saturated heterocycles. The zero-order valence-corrected chi connectivity index (χ0v) is 11.4. The molecule has 1 aromatic heterocycles. The van der Waals surface area contributed by atoms with Crippen LogP contribution < -0.4 is 0 Å². The standard InChI is InChI=1S/C15H18N2O2/c1-10-4-5-11(2)12(8-10)13(9-14(18)19)15-16-6-7-17(15)3/h4-8,13H,9H2,1-3H3,(H,18,19). The van der Waals surface area contributed by atoms with Gasteiger partial charge >= 0.3 is 5.97 Å². The second kappa shape index (κ2) is 5.26. The van der Waals surface area contributed by atoms with E-state index in [1.165, 1.54) is 0 Å². The number of imidazole rings is 1. The Morgan fingerprint density at radius 1 is 1.42 bits per heavy atom. The maximum Gasteiger partial charge on any atom is 0.304 e. The highest BCUT2D eigenvalue weighted by Crippen LogP contribution is 2.29. The monoisotopic (exact) mass is 258 g/mol. The number of aliphatic carboxylic acids is 1. The summed E-state index contributed by atoms with van der Waals surface area (Å²) in [5.74, 6) is -0.234. The van der Waals surface area contributed by atoms with E-state index in [2.05, 4.69) is 11.1 Å². The quantitative estimate of drug-likeness (QED) is 0.917. The lowest BCUT2D eigenvalue weighted by molar-refractivity contribution is -0.137. The first-order valence-corrected chi connectivity index (χ1v) is 6.25. The highest BCUT2D eigenvalue weighted by Gasteiger charge is 2.23. The van der Waals surface area contributed by atoms with Crippen LogP contribution in [0.5, 0.6) is 0 Å². The van der Waals surface area contributed by atoms with Gasteiger partial charge in [0.25, 0.3) is 0 Å². The van der Waals surface area contributed by atoms with E-state index in [0.29, 0.717) is 0 Å². The van der Waals surface area contributed by atoms with Gasteiger partial charge in [0, 0.05) is 19.4 Å². The minimum Gasteiger partial charge on any atom is -0.481 e. The molecule has 1 heterocycles. The SMILES string of the molecule is Cc1ccc(C)c(C(CC(=O)O)c2nccn2C)c1. The number of nitrogens with zero attached hydrogens (tertiary/aromatic N) is 2. The molecule has 0 fully saturated rings. The fraction of sp³-hybridized carbons (Fsp3) is 0.333. The summed E-state index contributed by atoms with van der Waals surface area (Å²) in [4.78, 5) is 15.5. The Balaban J connectivity index is 2.52. The molecular formula is C15H18N2O2. The number of benzene rings is 1. The molecule has 4 nitrogen and oxygen atoms in total. The van der Waals surface area contributed by atoms with Crippen molar-refractivity contribution in [3.8, 4) is 0 Å². The number of carbonyl (C=O) groups is 1. The summed E-state index contributed by atoms with van der Waals surface area (Å²) in [7, 11) is 1.89. The lowest BCUT2D eigenvalue weighted by Crippen LogP contribution is -2.13. The van der Waals surface area contributed by atoms with E-state index in [1.54, 1.807) is 6.20 Å². The number of rotatable bonds is 4. The Hall–Kier alpha value is -2.10. The van der Waals surface area contributed by atoms with E-state index in [1.807, 2.05) is 43.8 Å². The van der Waals surface area contributed by atoms with E-state index in [9.17, 15) is 4.79 Å². The van der Waals surface area contributed by atoms with Crippen molar-refractivity contribution in [2.24, 2.45) is 7.05 Å². The van der Waals surface area contributed by atoms with Gasteiger partial charge in [0.2, 0.25) is 0 Å². The highest BCUT2D eigenvalue weighted by atomic mass is 16.4. The maximum atomic E-state index is 11.1. The summed E-state index contributed by atoms with van der Waals surface area (Å²) in [5, 5.41) is 9.16. The highest BCUT2D eigenvalue weighted by molar-refractivity contribution is 5.69. The van der Waals surface area contributed by atoms with Crippen LogP contribution in [-0.4, -0.2) is 20.6 Å². The number of carboxylic acids is 1. The Morgan fingerprint density at radius 3 is 2.74 bits per heavy atom. The smallest absolute Gasteiger partial charge is 0.304 e. The van der Waals surface area contributed by atoms with Gasteiger partial charge in [-0.2, -0.15) is 0 Å². The number of aryl methyl sites for hydroxylation is 3. The van der Waals surface area contributed by atoms with Crippen molar-refractivity contribution < 1.29 is 9.90 Å². The lowest BCUT2D eigenvalue weighted by atomic mass is 9.90. The average molecular weight is 258 g/mol. The molecule has 0 aliphatic heterocycles. The van der Waals surface area contributed by atoms with Gasteiger partial charge in [-0.25, -0.2) is 4.98 Å². The van der Waals surface area contributed by atoms with Gasteiger partial charge in [-0.05, 0) is 25.0 Å². The van der Waals surface area contributed by atoms with E-state index < -0.39 is 5.97 Å². The normalized spacial score (nSPS) is 12.4. The first-order chi connectivity index (χ1) is 8.99. The maximum absolute atomic E-state index is 11.1. The first kappa shape index (κ1) is 13.3. The van der Waals surface area contributed by atoms with Crippen LogP contribution >= 0.6 is 0 Å². The number of aromatic nitrogens is 2. The number of hydrogen-bond acceptors (Lipinski definition) is 2. The molecule has 2 rings (SSSR count). The fourth-order valence-corrected chi connectivity index (χ4v) is 2.36. The van der Waals surface area contributed by atoms with Crippen molar-refractivity contribution >= 4 is 5.97 Å². The molecule has 0 bridgehead atoms. The van der Waals surface area contributed by atoms with Crippen molar-refractivity contribution in [1.82, 2.24) is 9.55 Å². The van der Waals surface area contributed by atoms with Crippen molar-refractivity contribution in [3.05, 3.63) is 53.1 Å². The second-order valence-electron chi connectivity index (χ2n) is 4.91. The van der Waals surface area contributed by atoms with E-state index in [0.717, 1.165) is 22.5 Å². The fourth-order valence-electron chi connectivity index (χ4n) is 2.36. The van der Waals surface area contributed by atoms with Crippen molar-refractivity contribution in [2.75, 3.05) is 0 Å². The lowest BCUT2D eigenvalue weighted by Gasteiger charge is -2.18. The van der Waals surface area contributed by atoms with Crippen molar-refractivity contribution in [1.29, 1.82) is 0 Å². The minimum absolute atomic E-state index is 0.0507. The number of carboxylic acid groups (broad SMARTS) is 1. The molecule has 0 amide bonds. The minimum atomic E-state index is -0.811. The van der Waals surface area contributed by atoms with Crippen molar-refractivity contribution in [3.63, 3.8) is 0 Å². The van der Waals surface area contributed by atoms with Gasteiger partial charge in [-0.1, -0.05) is 23.8 Å². The average Bonchev–Trinajstić information content (AvgIpc) is 2.75. The van der Waals surface area contributed by atoms with Gasteiger partial charge in [-0.3, -0.25) is 4.79 Å². The predicted molar refractivity (Wildman–Crippen MR) is 73.2 cm³/mol. The van der Waals surface area contributed by atoms with E-state index in [4.69, 9.17) is 5.11 Å². The van der Waals surface area contributed by atoms with Crippen LogP contribution in [0.2, 0.25) is 0 Å². The van der Waals surface area contributed by atoms with Crippen molar-refractivity contribution in [2.45, 2.75) is 26.2 Å². The van der Waals surface area contributed by atoms with Gasteiger partial charge in [-0.15, -0.1) is 0 Å². The van der Waals surface area contributed by atoms with Gasteiger partial charge in [0.15, 0.2) is 0 Å². The van der Waals surface area contributed by atoms with Gasteiger partial charge < -0.3 is 9.67 Å². The third kappa shape index (κ3) is 2.84. The molecule has 1 unspecified atom stereocenters. The van der Waals surface area contributed by atoms with Crippen LogP contribution in [0.15, 0.2) is 30.6 Å². The van der Waals surface area contributed by atoms with E-state index in [-0.39, 0.29) is 12.3 Å². The van der Waals surface area contributed by atoms with Gasteiger partial charge in [0.05, 0.1) is 12.3 Å². The Morgan fingerprint density at radius 2 is 2.16 bits per heavy atom. The third-order valence-corrected chi connectivity index (χ3v) is 3.36. The predicted octanol–water partition coefficient (Wildman–Crippen LogP) is 2.64. The van der Waals surface area contributed by atoms with Crippen LogP contribution in [0, 0.1) is 13.8 Å². The molecule has 1 N–H and O–H groups in total. The molecule has 4 heteroatoms. The molecule has 19 heavy (non-hydrogen) atoms. The summed E-state index contributed by atoms with van der Waals surface area (Å²) >= 11 is 0. The molecule has 0 radical (unpaired) electrons. The molecule has 0 saturated carbocycles.